The van der Waals surface area contributed by atoms with Gasteiger partial charge in [-0.3, -0.25) is 4.79 Å². The third-order valence-electron chi connectivity index (χ3n) is 14.7. The van der Waals surface area contributed by atoms with Crippen molar-refractivity contribution in [3.05, 3.63) is 0 Å². The monoisotopic (exact) mass is 722 g/mol. The number of hydrogen-bond donors (Lipinski definition) is 2. The lowest BCUT2D eigenvalue weighted by atomic mass is 9.78. The molecule has 2 N–H and O–H groups in total. The molecule has 10 nitrogen and oxygen atoms in total. The molecule has 0 saturated carbocycles. The van der Waals surface area contributed by atoms with E-state index in [1.165, 1.54) is 0 Å². The standard InChI is InChI=1S/C41H70O10/c1-22-12-13-30(46-35(22)27(6)29(8)43)18-31-19-32(45-11)28(7)41(48-31)26(5)20-39(10,51-41)34-14-15-38(9,49-34)37-24(3)17-33(47-37)36-23(2)16-25(4)40(44,21-42)50-36/h22-28,30-37,42,44H,12-21H2,1-11H3/t22-,23-,24-,25-,26+,27-,28+,30+,31+,32+,33?,34+,35+,36-,37+,38-,39-,40-,41?/m0/s1. The normalized spacial score (nSPS) is 54.2. The molecule has 6 rings (SSSR count). The van der Waals surface area contributed by atoms with Crippen molar-refractivity contribution in [3.63, 3.8) is 0 Å². The summed E-state index contributed by atoms with van der Waals surface area (Å²) in [6.45, 7) is 20.6. The number of aliphatic hydroxyl groups is 2. The number of carbonyl (C=O) groups is 1. The van der Waals surface area contributed by atoms with Crippen molar-refractivity contribution < 1.29 is 48.2 Å². The zero-order valence-electron chi connectivity index (χ0n) is 33.4. The van der Waals surface area contributed by atoms with E-state index in [-0.39, 0.29) is 90.1 Å². The maximum Gasteiger partial charge on any atom is 0.192 e. The second-order valence-electron chi connectivity index (χ2n) is 18.7. The zero-order valence-corrected chi connectivity index (χ0v) is 33.4. The SMILES string of the molecule is CO[C@@H]1C[C@@H](C[C@H]2CC[C@H](C)[C@H]([C@@H](C)C(C)=O)O2)OC2(O[C@](C)([C@H]3CC[C@@](C)([C@@H]4OC([C@H]5O[C@@](O)(CO)[C@@H](C)C[C@@H]5C)C[C@@H]4C)O3)C[C@H]2C)[C@@H]1C. The smallest absolute Gasteiger partial charge is 0.192 e. The molecular weight excluding hydrogens is 652 g/mol. The summed E-state index contributed by atoms with van der Waals surface area (Å²) in [5.74, 6) is -1.51. The van der Waals surface area contributed by atoms with Crippen molar-refractivity contribution in [2.45, 2.75) is 199 Å². The lowest BCUT2D eigenvalue weighted by Crippen LogP contribution is -2.58. The lowest BCUT2D eigenvalue weighted by molar-refractivity contribution is -0.353. The van der Waals surface area contributed by atoms with Gasteiger partial charge in [0.25, 0.3) is 0 Å². The molecule has 0 aromatic rings. The van der Waals surface area contributed by atoms with Crippen LogP contribution in [0, 0.1) is 41.4 Å². The van der Waals surface area contributed by atoms with Gasteiger partial charge in [-0.1, -0.05) is 48.5 Å². The van der Waals surface area contributed by atoms with Gasteiger partial charge in [0.05, 0.1) is 66.6 Å². The highest BCUT2D eigenvalue weighted by Crippen LogP contribution is 2.57. The fraction of sp³-hybridized carbons (Fsp3) is 0.976. The van der Waals surface area contributed by atoms with E-state index in [0.717, 1.165) is 57.8 Å². The van der Waals surface area contributed by atoms with Gasteiger partial charge in [0.2, 0.25) is 0 Å². The van der Waals surface area contributed by atoms with Crippen LogP contribution in [0.5, 0.6) is 0 Å². The highest BCUT2D eigenvalue weighted by atomic mass is 16.7. The van der Waals surface area contributed by atoms with Crippen molar-refractivity contribution >= 4 is 5.78 Å². The van der Waals surface area contributed by atoms with E-state index < -0.39 is 29.4 Å². The van der Waals surface area contributed by atoms with Gasteiger partial charge in [0.15, 0.2) is 11.6 Å². The molecule has 6 fully saturated rings. The van der Waals surface area contributed by atoms with Crippen LogP contribution in [0.3, 0.4) is 0 Å². The van der Waals surface area contributed by atoms with Crippen LogP contribution in [0.1, 0.15) is 127 Å². The van der Waals surface area contributed by atoms with Crippen molar-refractivity contribution in [2.24, 2.45) is 41.4 Å². The van der Waals surface area contributed by atoms with Crippen molar-refractivity contribution in [3.8, 4) is 0 Å². The van der Waals surface area contributed by atoms with E-state index in [2.05, 4.69) is 48.5 Å². The Hall–Kier alpha value is -0.690. The van der Waals surface area contributed by atoms with Crippen molar-refractivity contribution in [1.82, 2.24) is 0 Å². The fourth-order valence-corrected chi connectivity index (χ4v) is 11.4. The molecular formula is C41H70O10. The van der Waals surface area contributed by atoms with Gasteiger partial charge in [-0.05, 0) is 83.5 Å². The Morgan fingerprint density at radius 2 is 1.59 bits per heavy atom. The van der Waals surface area contributed by atoms with E-state index in [4.69, 9.17) is 33.2 Å². The quantitative estimate of drug-likeness (QED) is 0.284. The van der Waals surface area contributed by atoms with Crippen LogP contribution < -0.4 is 0 Å². The highest BCUT2D eigenvalue weighted by molar-refractivity contribution is 5.78. The lowest BCUT2D eigenvalue weighted by Gasteiger charge is -2.50. The van der Waals surface area contributed by atoms with Crippen LogP contribution in [-0.2, 0) is 38.0 Å². The van der Waals surface area contributed by atoms with E-state index in [1.54, 1.807) is 14.0 Å². The number of ketones is 1. The second-order valence-corrected chi connectivity index (χ2v) is 18.7. The Bertz CT molecular complexity index is 1230. The van der Waals surface area contributed by atoms with Gasteiger partial charge in [-0.15, -0.1) is 0 Å². The molecule has 6 heterocycles. The molecule has 0 aromatic heterocycles. The minimum Gasteiger partial charge on any atom is -0.391 e. The summed E-state index contributed by atoms with van der Waals surface area (Å²) in [5.41, 5.74) is -1.05. The van der Waals surface area contributed by atoms with Gasteiger partial charge >= 0.3 is 0 Å². The van der Waals surface area contributed by atoms with Crippen LogP contribution in [0.2, 0.25) is 0 Å². The average Bonchev–Trinajstić information content (AvgIpc) is 3.75. The first-order valence-corrected chi connectivity index (χ1v) is 20.3. The second kappa shape index (κ2) is 14.8. The number of carbonyl (C=O) groups excluding carboxylic acids is 1. The Morgan fingerprint density at radius 1 is 0.863 bits per heavy atom. The summed E-state index contributed by atoms with van der Waals surface area (Å²) >= 11 is 0. The van der Waals surface area contributed by atoms with Crippen LogP contribution in [0.25, 0.3) is 0 Å². The Kier molecular flexibility index (Phi) is 11.6. The molecule has 0 amide bonds. The van der Waals surface area contributed by atoms with Crippen LogP contribution in [0.4, 0.5) is 0 Å². The van der Waals surface area contributed by atoms with Gasteiger partial charge in [0, 0.05) is 43.6 Å². The summed E-state index contributed by atoms with van der Waals surface area (Å²) in [6, 6.07) is 0. The first-order chi connectivity index (χ1) is 23.9. The van der Waals surface area contributed by atoms with Crippen LogP contribution in [-0.4, -0.2) is 101 Å². The Morgan fingerprint density at radius 3 is 2.25 bits per heavy atom. The molecule has 0 radical (unpaired) electrons. The maximum absolute atomic E-state index is 12.3. The fourth-order valence-electron chi connectivity index (χ4n) is 11.4. The minimum absolute atomic E-state index is 0.0155. The van der Waals surface area contributed by atoms with Crippen LogP contribution in [0.15, 0.2) is 0 Å². The van der Waals surface area contributed by atoms with E-state index >= 15 is 0 Å². The molecule has 19 atom stereocenters. The number of ether oxygens (including phenoxy) is 7. The zero-order chi connectivity index (χ0) is 37.3. The van der Waals surface area contributed by atoms with E-state index in [1.807, 2.05) is 13.8 Å². The number of Topliss-reactive ketones (excluding diaryl/α,β-unsaturated/α-hetero) is 1. The molecule has 0 bridgehead atoms. The minimum atomic E-state index is -1.54. The molecule has 6 aliphatic rings. The molecule has 10 heteroatoms. The third-order valence-corrected chi connectivity index (χ3v) is 14.7. The Labute approximate surface area is 307 Å². The molecule has 6 aliphatic heterocycles. The van der Waals surface area contributed by atoms with Crippen molar-refractivity contribution in [2.75, 3.05) is 13.7 Å². The number of methoxy groups -OCH3 is 1. The third kappa shape index (κ3) is 7.26. The number of rotatable bonds is 9. The summed E-state index contributed by atoms with van der Waals surface area (Å²) in [6.07, 6.45) is 6.79. The molecule has 51 heavy (non-hydrogen) atoms. The predicted molar refractivity (Wildman–Crippen MR) is 192 cm³/mol. The first kappa shape index (κ1) is 40.0. The number of hydrogen-bond acceptors (Lipinski definition) is 10. The molecule has 0 aliphatic carbocycles. The predicted octanol–water partition coefficient (Wildman–Crippen LogP) is 6.21. The number of aliphatic hydroxyl groups excluding tert-OH is 1. The molecule has 294 valence electrons. The van der Waals surface area contributed by atoms with Crippen molar-refractivity contribution in [1.29, 1.82) is 0 Å². The summed E-state index contributed by atoms with van der Waals surface area (Å²) < 4.78 is 47.3. The molecule has 1 spiro atoms. The summed E-state index contributed by atoms with van der Waals surface area (Å²) in [5, 5.41) is 21.0. The van der Waals surface area contributed by atoms with Crippen LogP contribution >= 0.6 is 0 Å². The first-order valence-electron chi connectivity index (χ1n) is 20.3. The topological polar surface area (TPSA) is 122 Å². The van der Waals surface area contributed by atoms with Gasteiger partial charge < -0.3 is 43.4 Å². The molecule has 2 unspecified atom stereocenters. The van der Waals surface area contributed by atoms with Gasteiger partial charge in [-0.25, -0.2) is 0 Å². The average molecular weight is 723 g/mol. The van der Waals surface area contributed by atoms with Gasteiger partial charge in [0.1, 0.15) is 5.78 Å². The van der Waals surface area contributed by atoms with E-state index in [0.29, 0.717) is 5.92 Å². The highest BCUT2D eigenvalue weighted by Gasteiger charge is 2.65. The maximum atomic E-state index is 12.3. The Balaban J connectivity index is 1.13. The van der Waals surface area contributed by atoms with Gasteiger partial charge in [-0.2, -0.15) is 0 Å². The molecule has 6 saturated heterocycles. The largest absolute Gasteiger partial charge is 0.391 e. The van der Waals surface area contributed by atoms with E-state index in [9.17, 15) is 15.0 Å². The summed E-state index contributed by atoms with van der Waals surface area (Å²) in [4.78, 5) is 12.3. The summed E-state index contributed by atoms with van der Waals surface area (Å²) in [7, 11) is 1.80. The molecule has 0 aromatic carbocycles.